The van der Waals surface area contributed by atoms with Crippen molar-refractivity contribution in [2.75, 3.05) is 6.61 Å². The van der Waals surface area contributed by atoms with Gasteiger partial charge in [-0.2, -0.15) is 0 Å². The van der Waals surface area contributed by atoms with Crippen LogP contribution in [0.2, 0.25) is 0 Å². The minimum atomic E-state index is 0.383. The Morgan fingerprint density at radius 1 is 0.552 bits per heavy atom. The number of unbranched alkanes of at least 4 members (excludes halogenated alkanes) is 12. The van der Waals surface area contributed by atoms with Crippen LogP contribution in [-0.2, 0) is 45.0 Å². The van der Waals surface area contributed by atoms with Gasteiger partial charge in [-0.15, -0.1) is 0 Å². The third-order valence-electron chi connectivity index (χ3n) is 4.33. The largest absolute Gasteiger partial charge is 0.315 e. The Bertz CT molecular complexity index is 316. The summed E-state index contributed by atoms with van der Waals surface area (Å²) < 4.78 is 0. The molecule has 0 spiro atoms. The molecule has 0 rings (SSSR count). The highest BCUT2D eigenvalue weighted by Crippen LogP contribution is 2.14. The fourth-order valence-corrected chi connectivity index (χ4v) is 2.81. The van der Waals surface area contributed by atoms with Crippen LogP contribution in [0, 0.1) is 5.92 Å². The average molecular weight is 425 g/mol. The molecule has 0 aliphatic heterocycles. The predicted molar refractivity (Wildman–Crippen MR) is 104 cm³/mol. The van der Waals surface area contributed by atoms with E-state index in [9.17, 15) is 0 Å². The molecule has 0 aliphatic carbocycles. The highest BCUT2D eigenvalue weighted by molar-refractivity contribution is 4.50. The first kappa shape index (κ1) is 28.2. The van der Waals surface area contributed by atoms with Crippen molar-refractivity contribution < 1.29 is 45.0 Å². The monoisotopic (exact) mass is 424 g/mol. The van der Waals surface area contributed by atoms with Crippen LogP contribution in [0.4, 0.5) is 0 Å². The zero-order valence-corrected chi connectivity index (χ0v) is 18.1. The molecule has 0 atom stereocenters. The lowest BCUT2D eigenvalue weighted by molar-refractivity contribution is -0.829. The van der Waals surface area contributed by atoms with Gasteiger partial charge in [-0.1, -0.05) is 104 Å². The first-order valence-electron chi connectivity index (χ1n) is 10.8. The fraction of sp³-hybridized carbons (Fsp3) is 0.900. The summed E-state index contributed by atoms with van der Waals surface area (Å²) in [6.07, 6.45) is 19.1. The van der Waals surface area contributed by atoms with Crippen molar-refractivity contribution in [2.24, 2.45) is 5.92 Å². The molecular weight excluding hydrogens is 384 g/mol. The molecule has 0 aromatic carbocycles. The maximum atomic E-state index is 4.70. The first-order chi connectivity index (χ1) is 14.3. The standard InChI is InChI=1S/C20H40O9/c1-4-21-23-25-27-29-28-26-24-22-19-17-15-13-11-9-7-5-6-8-10-12-14-16-18-20(2)3/h4,20H,1,5-19H2,2-3H3. The Hall–Kier alpha value is -0.780. The number of hydrogen-bond acceptors (Lipinski definition) is 9. The third-order valence-corrected chi connectivity index (χ3v) is 4.33. The van der Waals surface area contributed by atoms with E-state index < -0.39 is 0 Å². The topological polar surface area (TPSA) is 83.1 Å². The van der Waals surface area contributed by atoms with Crippen LogP contribution in [0.15, 0.2) is 12.8 Å². The summed E-state index contributed by atoms with van der Waals surface area (Å²) in [7, 11) is 0. The van der Waals surface area contributed by atoms with Crippen molar-refractivity contribution in [3.63, 3.8) is 0 Å². The van der Waals surface area contributed by atoms with Crippen molar-refractivity contribution in [1.82, 2.24) is 0 Å². The molecule has 0 saturated heterocycles. The SMILES string of the molecule is C=COOOOOOOOOCCCCCCCCCCCCCCCC(C)C. The molecule has 0 aliphatic rings. The van der Waals surface area contributed by atoms with E-state index in [1.54, 1.807) is 0 Å². The molecule has 9 heteroatoms. The van der Waals surface area contributed by atoms with Crippen LogP contribution >= 0.6 is 0 Å². The highest BCUT2D eigenvalue weighted by Gasteiger charge is 1.98. The van der Waals surface area contributed by atoms with Gasteiger partial charge < -0.3 is 4.89 Å². The first-order valence-corrected chi connectivity index (χ1v) is 10.8. The van der Waals surface area contributed by atoms with E-state index >= 15 is 0 Å². The van der Waals surface area contributed by atoms with Gasteiger partial charge in [0, 0.05) is 20.2 Å². The molecule has 29 heavy (non-hydrogen) atoms. The molecule has 0 radical (unpaired) electrons. The van der Waals surface area contributed by atoms with Crippen molar-refractivity contribution >= 4 is 0 Å². The zero-order chi connectivity index (χ0) is 21.3. The summed E-state index contributed by atoms with van der Waals surface area (Å²) in [6, 6.07) is 0. The second-order valence-electron chi connectivity index (χ2n) is 7.34. The molecule has 0 unspecified atom stereocenters. The molecule has 0 N–H and O–H groups in total. The smallest absolute Gasteiger partial charge is 0.125 e. The Labute approximate surface area is 174 Å². The lowest BCUT2D eigenvalue weighted by Gasteiger charge is -2.05. The highest BCUT2D eigenvalue weighted by atomic mass is 17.9. The van der Waals surface area contributed by atoms with E-state index in [1.807, 2.05) is 0 Å². The van der Waals surface area contributed by atoms with Crippen LogP contribution < -0.4 is 0 Å². The summed E-state index contributed by atoms with van der Waals surface area (Å²) >= 11 is 0. The van der Waals surface area contributed by atoms with Crippen LogP contribution in [-0.4, -0.2) is 6.61 Å². The Balaban J connectivity index is 2.99. The molecule has 0 heterocycles. The van der Waals surface area contributed by atoms with Gasteiger partial charge in [0.15, 0.2) is 0 Å². The van der Waals surface area contributed by atoms with Gasteiger partial charge in [-0.25, -0.2) is 4.89 Å². The van der Waals surface area contributed by atoms with E-state index in [2.05, 4.69) is 60.6 Å². The maximum absolute atomic E-state index is 4.70. The maximum Gasteiger partial charge on any atom is 0.125 e. The van der Waals surface area contributed by atoms with Gasteiger partial charge in [0.25, 0.3) is 0 Å². The molecule has 0 aromatic rings. The second kappa shape index (κ2) is 25.3. The van der Waals surface area contributed by atoms with Crippen LogP contribution in [0.3, 0.4) is 0 Å². The second-order valence-corrected chi connectivity index (χ2v) is 7.34. The molecule has 0 amide bonds. The third kappa shape index (κ3) is 27.2. The van der Waals surface area contributed by atoms with Gasteiger partial charge in [0.05, 0.1) is 6.61 Å². The molecule has 0 saturated carbocycles. The van der Waals surface area contributed by atoms with Gasteiger partial charge >= 0.3 is 0 Å². The van der Waals surface area contributed by atoms with E-state index in [4.69, 9.17) is 4.89 Å². The molecule has 9 nitrogen and oxygen atoms in total. The molecule has 174 valence electrons. The summed E-state index contributed by atoms with van der Waals surface area (Å²) in [4.78, 5) is 8.77. The Morgan fingerprint density at radius 3 is 1.45 bits per heavy atom. The van der Waals surface area contributed by atoms with Crippen LogP contribution in [0.25, 0.3) is 0 Å². The van der Waals surface area contributed by atoms with Gasteiger partial charge in [0.1, 0.15) is 6.26 Å². The lowest BCUT2D eigenvalue weighted by atomic mass is 10.0. The van der Waals surface area contributed by atoms with Crippen molar-refractivity contribution in [3.8, 4) is 0 Å². The summed E-state index contributed by atoms with van der Waals surface area (Å²) in [6.45, 7) is 8.17. The summed E-state index contributed by atoms with van der Waals surface area (Å²) in [5.41, 5.74) is 0. The van der Waals surface area contributed by atoms with Crippen LogP contribution in [0.5, 0.6) is 0 Å². The zero-order valence-electron chi connectivity index (χ0n) is 18.1. The van der Waals surface area contributed by atoms with E-state index in [1.165, 1.54) is 77.0 Å². The van der Waals surface area contributed by atoms with Crippen molar-refractivity contribution in [1.29, 1.82) is 0 Å². The normalized spacial score (nSPS) is 11.3. The Kier molecular flexibility index (Phi) is 24.6. The average Bonchev–Trinajstić information content (AvgIpc) is 2.71. The van der Waals surface area contributed by atoms with E-state index in [0.717, 1.165) is 25.0 Å². The van der Waals surface area contributed by atoms with Crippen LogP contribution in [0.1, 0.15) is 104 Å². The number of rotatable bonds is 25. The quantitative estimate of drug-likeness (QED) is 0.0686. The molecule has 0 aromatic heterocycles. The van der Waals surface area contributed by atoms with Crippen molar-refractivity contribution in [2.45, 2.75) is 104 Å². The van der Waals surface area contributed by atoms with Gasteiger partial charge in [0.2, 0.25) is 0 Å². The van der Waals surface area contributed by atoms with E-state index in [0.29, 0.717) is 6.61 Å². The van der Waals surface area contributed by atoms with Crippen molar-refractivity contribution in [3.05, 3.63) is 12.8 Å². The van der Waals surface area contributed by atoms with Gasteiger partial charge in [-0.05, 0) is 27.5 Å². The summed E-state index contributed by atoms with van der Waals surface area (Å²) in [5.74, 6) is 0.853. The number of hydrogen-bond donors (Lipinski definition) is 0. The predicted octanol–water partition coefficient (Wildman–Crippen LogP) is 6.72. The minimum Gasteiger partial charge on any atom is -0.315 e. The molecular formula is C20H40O9. The van der Waals surface area contributed by atoms with E-state index in [-0.39, 0.29) is 0 Å². The molecule has 0 fully saturated rings. The summed E-state index contributed by atoms with van der Waals surface area (Å²) in [5, 5.41) is 27.4. The molecule has 0 bridgehead atoms. The lowest BCUT2D eigenvalue weighted by Crippen LogP contribution is -2.02. The minimum absolute atomic E-state index is 0.383. The Morgan fingerprint density at radius 2 is 0.966 bits per heavy atom. The fourth-order valence-electron chi connectivity index (χ4n) is 2.81. The van der Waals surface area contributed by atoms with Gasteiger partial charge in [-0.3, -0.25) is 0 Å².